The van der Waals surface area contributed by atoms with Gasteiger partial charge in [0, 0.05) is 18.8 Å². The first-order chi connectivity index (χ1) is 13.1. The molecule has 1 aliphatic rings. The van der Waals surface area contributed by atoms with Gasteiger partial charge in [-0.1, -0.05) is 6.92 Å². The van der Waals surface area contributed by atoms with E-state index < -0.39 is 0 Å². The first-order valence-corrected chi connectivity index (χ1v) is 9.86. The van der Waals surface area contributed by atoms with Crippen LogP contribution in [-0.2, 0) is 4.79 Å². The second kappa shape index (κ2) is 13.7. The van der Waals surface area contributed by atoms with Gasteiger partial charge in [0.2, 0.25) is 5.91 Å². The summed E-state index contributed by atoms with van der Waals surface area (Å²) < 4.78 is 12.9. The Kier molecular flexibility index (Phi) is 12.1. The summed E-state index contributed by atoms with van der Waals surface area (Å²) in [7, 11) is 0. The lowest BCUT2D eigenvalue weighted by atomic mass is 9.99. The lowest BCUT2D eigenvalue weighted by molar-refractivity contribution is -0.114. The number of aliphatic imine (C=N–C) groups is 1. The average Bonchev–Trinajstić information content (AvgIpc) is 2.66. The van der Waals surface area contributed by atoms with Gasteiger partial charge in [0.15, 0.2) is 5.96 Å². The number of anilines is 1. The molecule has 0 aliphatic carbocycles. The molecule has 28 heavy (non-hydrogen) atoms. The molecule has 2 rings (SSSR count). The van der Waals surface area contributed by atoms with Gasteiger partial charge in [-0.25, -0.2) is 9.38 Å². The molecule has 0 saturated carbocycles. The van der Waals surface area contributed by atoms with Gasteiger partial charge in [-0.3, -0.25) is 4.79 Å². The number of hydrogen-bond acceptors (Lipinski definition) is 3. The molecule has 158 valence electrons. The van der Waals surface area contributed by atoms with Crippen molar-refractivity contribution in [3.8, 4) is 0 Å². The number of nitrogens with one attached hydrogen (secondary N) is 3. The standard InChI is InChI=1S/C20H32FN5O.HI/c1-3-22-20(23-11-4-12-26-13-9-16(2)10-14-26)24-15-19(27)25-18-7-5-17(21)6-8-18;/h5-8,16H,3-4,9-15H2,1-2H3,(H,25,27)(H2,22,23,24);1H. The second-order valence-corrected chi connectivity index (χ2v) is 7.05. The van der Waals surface area contributed by atoms with Crippen LogP contribution in [0.2, 0.25) is 0 Å². The number of guanidine groups is 1. The molecule has 1 fully saturated rings. The van der Waals surface area contributed by atoms with Crippen LogP contribution >= 0.6 is 24.0 Å². The van der Waals surface area contributed by atoms with E-state index in [1.165, 1.54) is 50.2 Å². The lowest BCUT2D eigenvalue weighted by Crippen LogP contribution is -2.40. The van der Waals surface area contributed by atoms with Crippen LogP contribution in [0.25, 0.3) is 0 Å². The smallest absolute Gasteiger partial charge is 0.246 e. The van der Waals surface area contributed by atoms with Crippen LogP contribution < -0.4 is 16.0 Å². The summed E-state index contributed by atoms with van der Waals surface area (Å²) >= 11 is 0. The number of nitrogens with zero attached hydrogens (tertiary/aromatic N) is 2. The Morgan fingerprint density at radius 3 is 2.54 bits per heavy atom. The van der Waals surface area contributed by atoms with Gasteiger partial charge in [-0.05, 0) is 76.0 Å². The molecule has 1 amide bonds. The predicted molar refractivity (Wildman–Crippen MR) is 124 cm³/mol. The molecule has 0 aromatic heterocycles. The van der Waals surface area contributed by atoms with Gasteiger partial charge >= 0.3 is 0 Å². The zero-order valence-electron chi connectivity index (χ0n) is 16.8. The Bertz CT molecular complexity index is 603. The van der Waals surface area contributed by atoms with Crippen molar-refractivity contribution >= 4 is 41.5 Å². The molecule has 1 heterocycles. The summed E-state index contributed by atoms with van der Waals surface area (Å²) in [5.41, 5.74) is 0.561. The van der Waals surface area contributed by atoms with Gasteiger partial charge in [-0.2, -0.15) is 0 Å². The summed E-state index contributed by atoms with van der Waals surface area (Å²) in [5, 5.41) is 9.13. The zero-order chi connectivity index (χ0) is 19.5. The summed E-state index contributed by atoms with van der Waals surface area (Å²) in [6.45, 7) is 9.35. The van der Waals surface area contributed by atoms with Crippen LogP contribution in [0.5, 0.6) is 0 Å². The third-order valence-electron chi connectivity index (χ3n) is 4.67. The summed E-state index contributed by atoms with van der Waals surface area (Å²) in [6.07, 6.45) is 3.63. The first-order valence-electron chi connectivity index (χ1n) is 9.86. The number of piperidine rings is 1. The average molecular weight is 505 g/mol. The number of carbonyl (C=O) groups is 1. The minimum Gasteiger partial charge on any atom is -0.357 e. The van der Waals surface area contributed by atoms with Gasteiger partial charge in [-0.15, -0.1) is 24.0 Å². The molecule has 1 saturated heterocycles. The highest BCUT2D eigenvalue weighted by Crippen LogP contribution is 2.15. The number of likely N-dealkylation sites (tertiary alicyclic amines) is 1. The van der Waals surface area contributed by atoms with E-state index in [9.17, 15) is 9.18 Å². The van der Waals surface area contributed by atoms with Gasteiger partial charge in [0.1, 0.15) is 12.4 Å². The third-order valence-corrected chi connectivity index (χ3v) is 4.67. The number of hydrogen-bond donors (Lipinski definition) is 3. The molecule has 1 aromatic carbocycles. The topological polar surface area (TPSA) is 68.8 Å². The quantitative estimate of drug-likeness (QED) is 0.220. The van der Waals surface area contributed by atoms with Crippen LogP contribution in [0.1, 0.15) is 33.1 Å². The van der Waals surface area contributed by atoms with E-state index in [-0.39, 0.29) is 42.2 Å². The van der Waals surface area contributed by atoms with Crippen LogP contribution in [0.4, 0.5) is 10.1 Å². The number of amides is 1. The summed E-state index contributed by atoms with van der Waals surface area (Å²) in [5.74, 6) is 0.928. The Morgan fingerprint density at radius 2 is 1.89 bits per heavy atom. The van der Waals surface area contributed by atoms with Crippen molar-refractivity contribution in [3.05, 3.63) is 30.1 Å². The van der Waals surface area contributed by atoms with Gasteiger partial charge < -0.3 is 20.9 Å². The highest BCUT2D eigenvalue weighted by molar-refractivity contribution is 14.0. The maximum Gasteiger partial charge on any atom is 0.246 e. The molecule has 0 atom stereocenters. The molecular formula is C20H33FIN5O. The summed E-state index contributed by atoms with van der Waals surface area (Å²) in [6, 6.07) is 5.69. The fraction of sp³-hybridized carbons (Fsp3) is 0.600. The fourth-order valence-corrected chi connectivity index (χ4v) is 3.02. The monoisotopic (exact) mass is 505 g/mol. The summed E-state index contributed by atoms with van der Waals surface area (Å²) in [4.78, 5) is 18.8. The van der Waals surface area contributed by atoms with Crippen LogP contribution in [0.3, 0.4) is 0 Å². The van der Waals surface area contributed by atoms with E-state index in [4.69, 9.17) is 0 Å². The van der Waals surface area contributed by atoms with Crippen molar-refractivity contribution in [1.82, 2.24) is 15.5 Å². The van der Waals surface area contributed by atoms with E-state index >= 15 is 0 Å². The van der Waals surface area contributed by atoms with E-state index in [1.54, 1.807) is 0 Å². The normalized spacial score (nSPS) is 15.6. The van der Waals surface area contributed by atoms with Gasteiger partial charge in [0.25, 0.3) is 0 Å². The SMILES string of the molecule is CCNC(=NCC(=O)Nc1ccc(F)cc1)NCCCN1CCC(C)CC1.I. The maximum absolute atomic E-state index is 12.9. The Hall–Kier alpha value is -1.42. The third kappa shape index (κ3) is 9.68. The van der Waals surface area contributed by atoms with Crippen LogP contribution in [0, 0.1) is 11.7 Å². The molecule has 3 N–H and O–H groups in total. The molecule has 0 spiro atoms. The van der Waals surface area contributed by atoms with Crippen molar-refractivity contribution in [3.63, 3.8) is 0 Å². The second-order valence-electron chi connectivity index (χ2n) is 7.05. The van der Waals surface area contributed by atoms with Crippen molar-refractivity contribution in [2.75, 3.05) is 44.6 Å². The predicted octanol–water partition coefficient (Wildman–Crippen LogP) is 3.06. The largest absolute Gasteiger partial charge is 0.357 e. The molecule has 1 aromatic rings. The fourth-order valence-electron chi connectivity index (χ4n) is 3.02. The molecule has 8 heteroatoms. The van der Waals surface area contributed by atoms with Crippen LogP contribution in [0.15, 0.2) is 29.3 Å². The van der Waals surface area contributed by atoms with Gasteiger partial charge in [0.05, 0.1) is 0 Å². The van der Waals surface area contributed by atoms with Crippen LogP contribution in [-0.4, -0.2) is 56.0 Å². The number of halogens is 2. The minimum atomic E-state index is -0.330. The minimum absolute atomic E-state index is 0. The van der Waals surface area contributed by atoms with Crippen molar-refractivity contribution < 1.29 is 9.18 Å². The van der Waals surface area contributed by atoms with E-state index in [0.717, 1.165) is 32.0 Å². The van der Waals surface area contributed by atoms with E-state index in [2.05, 4.69) is 32.8 Å². The van der Waals surface area contributed by atoms with Crippen molar-refractivity contribution in [2.45, 2.75) is 33.1 Å². The molecule has 0 unspecified atom stereocenters. The highest BCUT2D eigenvalue weighted by atomic mass is 127. The molecule has 6 nitrogen and oxygen atoms in total. The van der Waals surface area contributed by atoms with E-state index in [0.29, 0.717) is 11.6 Å². The Labute approximate surface area is 184 Å². The molecule has 0 radical (unpaired) electrons. The molecule has 1 aliphatic heterocycles. The molecular weight excluding hydrogens is 472 g/mol. The number of benzene rings is 1. The number of rotatable bonds is 8. The highest BCUT2D eigenvalue weighted by Gasteiger charge is 2.14. The number of carbonyl (C=O) groups excluding carboxylic acids is 1. The van der Waals surface area contributed by atoms with Crippen molar-refractivity contribution in [2.24, 2.45) is 10.9 Å². The zero-order valence-corrected chi connectivity index (χ0v) is 19.2. The molecule has 0 bridgehead atoms. The van der Waals surface area contributed by atoms with E-state index in [1.807, 2.05) is 6.92 Å². The maximum atomic E-state index is 12.9. The Morgan fingerprint density at radius 1 is 1.21 bits per heavy atom. The Balaban J connectivity index is 0.00000392. The van der Waals surface area contributed by atoms with Crippen molar-refractivity contribution in [1.29, 1.82) is 0 Å². The lowest BCUT2D eigenvalue weighted by Gasteiger charge is -2.30. The first kappa shape index (κ1) is 24.6.